The number of amides is 1. The summed E-state index contributed by atoms with van der Waals surface area (Å²) in [6, 6.07) is 14.3. The van der Waals surface area contributed by atoms with Crippen LogP contribution in [0.5, 0.6) is 0 Å². The number of carboxylic acids is 1. The molecule has 0 heterocycles. The molecule has 0 saturated heterocycles. The molecule has 0 aliphatic heterocycles. The third kappa shape index (κ3) is 4.98. The van der Waals surface area contributed by atoms with Gasteiger partial charge in [0.15, 0.2) is 0 Å². The van der Waals surface area contributed by atoms with E-state index in [2.05, 4.69) is 27.9 Å². The standard InChI is InChI=1S/C18H18INO3S/c1-24-10-9-16(18(22)23)20-17(21)14-8-7-13(19)11-15(14)12-5-3-2-4-6-12/h2-8,11,16H,9-10H2,1H3,(H,20,21)(H,22,23). The van der Waals surface area contributed by atoms with E-state index in [1.165, 1.54) is 0 Å². The molecule has 6 heteroatoms. The van der Waals surface area contributed by atoms with Crippen molar-refractivity contribution in [2.75, 3.05) is 12.0 Å². The van der Waals surface area contributed by atoms with E-state index in [9.17, 15) is 14.7 Å². The molecule has 0 saturated carbocycles. The molecule has 2 rings (SSSR count). The maximum absolute atomic E-state index is 12.6. The van der Waals surface area contributed by atoms with Gasteiger partial charge in [-0.2, -0.15) is 11.8 Å². The second kappa shape index (κ2) is 9.08. The van der Waals surface area contributed by atoms with Crippen molar-refractivity contribution in [1.82, 2.24) is 5.32 Å². The van der Waals surface area contributed by atoms with Crippen LogP contribution in [0.25, 0.3) is 11.1 Å². The van der Waals surface area contributed by atoms with E-state index in [4.69, 9.17) is 0 Å². The Hall–Kier alpha value is -1.54. The van der Waals surface area contributed by atoms with Crippen molar-refractivity contribution in [3.63, 3.8) is 0 Å². The van der Waals surface area contributed by atoms with Gasteiger partial charge in [0.2, 0.25) is 0 Å². The van der Waals surface area contributed by atoms with Crippen LogP contribution in [-0.2, 0) is 4.79 Å². The van der Waals surface area contributed by atoms with Crippen molar-refractivity contribution in [2.24, 2.45) is 0 Å². The molecule has 24 heavy (non-hydrogen) atoms. The largest absolute Gasteiger partial charge is 0.480 e. The minimum Gasteiger partial charge on any atom is -0.480 e. The molecule has 0 aliphatic carbocycles. The number of carbonyl (C=O) groups excluding carboxylic acids is 1. The van der Waals surface area contributed by atoms with Gasteiger partial charge in [-0.3, -0.25) is 4.79 Å². The van der Waals surface area contributed by atoms with E-state index in [1.807, 2.05) is 48.7 Å². The summed E-state index contributed by atoms with van der Waals surface area (Å²) in [7, 11) is 0. The van der Waals surface area contributed by atoms with E-state index >= 15 is 0 Å². The molecule has 1 unspecified atom stereocenters. The molecule has 0 fully saturated rings. The zero-order chi connectivity index (χ0) is 17.5. The number of carbonyl (C=O) groups is 2. The summed E-state index contributed by atoms with van der Waals surface area (Å²) in [4.78, 5) is 24.0. The normalized spacial score (nSPS) is 11.8. The van der Waals surface area contributed by atoms with Gasteiger partial charge >= 0.3 is 5.97 Å². The third-order valence-corrected chi connectivity index (χ3v) is 4.84. The predicted octanol–water partition coefficient (Wildman–Crippen LogP) is 3.89. The van der Waals surface area contributed by atoms with Crippen LogP contribution in [0.2, 0.25) is 0 Å². The molecule has 126 valence electrons. The minimum absolute atomic E-state index is 0.362. The fourth-order valence-electron chi connectivity index (χ4n) is 2.30. The Labute approximate surface area is 159 Å². The van der Waals surface area contributed by atoms with E-state index in [1.54, 1.807) is 17.8 Å². The van der Waals surface area contributed by atoms with Crippen LogP contribution >= 0.6 is 34.4 Å². The topological polar surface area (TPSA) is 66.4 Å². The monoisotopic (exact) mass is 455 g/mol. The quantitative estimate of drug-likeness (QED) is 0.622. The maximum atomic E-state index is 12.6. The molecule has 2 aromatic carbocycles. The average Bonchev–Trinajstić information content (AvgIpc) is 2.58. The fourth-order valence-corrected chi connectivity index (χ4v) is 3.26. The van der Waals surface area contributed by atoms with Gasteiger partial charge < -0.3 is 10.4 Å². The lowest BCUT2D eigenvalue weighted by Crippen LogP contribution is -2.41. The first-order valence-corrected chi connectivity index (χ1v) is 9.87. The molecule has 1 atom stereocenters. The molecule has 4 nitrogen and oxygen atoms in total. The van der Waals surface area contributed by atoms with Crippen LogP contribution in [0.3, 0.4) is 0 Å². The van der Waals surface area contributed by atoms with E-state index in [0.29, 0.717) is 17.7 Å². The molecule has 0 radical (unpaired) electrons. The maximum Gasteiger partial charge on any atom is 0.326 e. The van der Waals surface area contributed by atoms with Crippen molar-refractivity contribution in [3.05, 3.63) is 57.7 Å². The summed E-state index contributed by atoms with van der Waals surface area (Å²) in [6.07, 6.45) is 2.31. The van der Waals surface area contributed by atoms with Crippen LogP contribution in [0.1, 0.15) is 16.8 Å². The Morgan fingerprint density at radius 2 is 1.92 bits per heavy atom. The van der Waals surface area contributed by atoms with Crippen LogP contribution < -0.4 is 5.32 Å². The average molecular weight is 455 g/mol. The Morgan fingerprint density at radius 1 is 1.21 bits per heavy atom. The SMILES string of the molecule is CSCCC(NC(=O)c1ccc(I)cc1-c1ccccc1)C(=O)O. The Kier molecular flexibility index (Phi) is 7.11. The van der Waals surface area contributed by atoms with E-state index in [0.717, 1.165) is 14.7 Å². The first kappa shape index (κ1) is 18.8. The van der Waals surface area contributed by atoms with E-state index in [-0.39, 0.29) is 5.91 Å². The van der Waals surface area contributed by atoms with Crippen molar-refractivity contribution in [1.29, 1.82) is 0 Å². The van der Waals surface area contributed by atoms with Gasteiger partial charge in [0, 0.05) is 9.13 Å². The summed E-state index contributed by atoms with van der Waals surface area (Å²) in [6.45, 7) is 0. The van der Waals surface area contributed by atoms with Gasteiger partial charge in [0.1, 0.15) is 6.04 Å². The number of thioether (sulfide) groups is 1. The fraction of sp³-hybridized carbons (Fsp3) is 0.222. The number of hydrogen-bond acceptors (Lipinski definition) is 3. The molecule has 0 spiro atoms. The zero-order valence-corrected chi connectivity index (χ0v) is 16.1. The predicted molar refractivity (Wildman–Crippen MR) is 106 cm³/mol. The van der Waals surface area contributed by atoms with Crippen LogP contribution in [0.4, 0.5) is 0 Å². The van der Waals surface area contributed by atoms with Crippen LogP contribution in [0, 0.1) is 3.57 Å². The van der Waals surface area contributed by atoms with Gasteiger partial charge in [-0.25, -0.2) is 4.79 Å². The van der Waals surface area contributed by atoms with Gasteiger partial charge in [-0.15, -0.1) is 0 Å². The third-order valence-electron chi connectivity index (χ3n) is 3.53. The summed E-state index contributed by atoms with van der Waals surface area (Å²) in [5, 5.41) is 11.9. The second-order valence-electron chi connectivity index (χ2n) is 5.20. The lowest BCUT2D eigenvalue weighted by Gasteiger charge is -2.16. The number of hydrogen-bond donors (Lipinski definition) is 2. The Bertz CT molecular complexity index is 721. The highest BCUT2D eigenvalue weighted by molar-refractivity contribution is 14.1. The number of carboxylic acid groups (broad SMARTS) is 1. The highest BCUT2D eigenvalue weighted by atomic mass is 127. The van der Waals surface area contributed by atoms with Gasteiger partial charge in [0.05, 0.1) is 0 Å². The highest BCUT2D eigenvalue weighted by Crippen LogP contribution is 2.26. The minimum atomic E-state index is -1.01. The number of rotatable bonds is 7. The Morgan fingerprint density at radius 3 is 2.54 bits per heavy atom. The van der Waals surface area contributed by atoms with Crippen molar-refractivity contribution >= 4 is 46.2 Å². The zero-order valence-electron chi connectivity index (χ0n) is 13.2. The molecular formula is C18H18INO3S. The van der Waals surface area contributed by atoms with E-state index < -0.39 is 12.0 Å². The van der Waals surface area contributed by atoms with Crippen LogP contribution in [0.15, 0.2) is 48.5 Å². The lowest BCUT2D eigenvalue weighted by atomic mass is 9.99. The molecule has 0 aliphatic rings. The molecular weight excluding hydrogens is 437 g/mol. The van der Waals surface area contributed by atoms with Crippen LogP contribution in [-0.4, -0.2) is 35.0 Å². The number of nitrogens with one attached hydrogen (secondary N) is 1. The molecule has 0 aromatic heterocycles. The van der Waals surface area contributed by atoms with Gasteiger partial charge in [-0.1, -0.05) is 30.3 Å². The summed E-state index contributed by atoms with van der Waals surface area (Å²) in [5.74, 6) is -0.696. The molecule has 2 N–H and O–H groups in total. The summed E-state index contributed by atoms with van der Waals surface area (Å²) >= 11 is 3.75. The number of halogens is 1. The molecule has 1 amide bonds. The highest BCUT2D eigenvalue weighted by Gasteiger charge is 2.22. The number of aliphatic carboxylic acids is 1. The summed E-state index contributed by atoms with van der Waals surface area (Å²) < 4.78 is 1.01. The lowest BCUT2D eigenvalue weighted by molar-refractivity contribution is -0.139. The van der Waals surface area contributed by atoms with Gasteiger partial charge in [-0.05, 0) is 70.3 Å². The van der Waals surface area contributed by atoms with Crippen molar-refractivity contribution in [2.45, 2.75) is 12.5 Å². The number of benzene rings is 2. The van der Waals surface area contributed by atoms with Gasteiger partial charge in [0.25, 0.3) is 5.91 Å². The summed E-state index contributed by atoms with van der Waals surface area (Å²) in [5.41, 5.74) is 2.21. The van der Waals surface area contributed by atoms with Crippen molar-refractivity contribution < 1.29 is 14.7 Å². The van der Waals surface area contributed by atoms with Crippen molar-refractivity contribution in [3.8, 4) is 11.1 Å². The first-order chi connectivity index (χ1) is 11.5. The second-order valence-corrected chi connectivity index (χ2v) is 7.43. The first-order valence-electron chi connectivity index (χ1n) is 7.40. The Balaban J connectivity index is 2.31. The molecule has 2 aromatic rings. The smallest absolute Gasteiger partial charge is 0.326 e. The molecule has 0 bridgehead atoms.